The lowest BCUT2D eigenvalue weighted by Crippen LogP contribution is -2.13. The van der Waals surface area contributed by atoms with Gasteiger partial charge in [0.05, 0.1) is 23.7 Å². The first-order valence-electron chi connectivity index (χ1n) is 8.18. The second-order valence-electron chi connectivity index (χ2n) is 5.51. The summed E-state index contributed by atoms with van der Waals surface area (Å²) in [5, 5.41) is 22.9. The van der Waals surface area contributed by atoms with Gasteiger partial charge in [0.2, 0.25) is 0 Å². The van der Waals surface area contributed by atoms with Crippen molar-refractivity contribution in [3.63, 3.8) is 0 Å². The van der Waals surface area contributed by atoms with Gasteiger partial charge in [-0.3, -0.25) is 14.9 Å². The Morgan fingerprint density at radius 2 is 2.03 bits per heavy atom. The lowest BCUT2D eigenvalue weighted by Gasteiger charge is -2.12. The number of carbonyl (C=O) groups is 1. The van der Waals surface area contributed by atoms with Crippen LogP contribution in [0.3, 0.4) is 0 Å². The first kappa shape index (κ1) is 22.0. The van der Waals surface area contributed by atoms with E-state index in [0.29, 0.717) is 23.7 Å². The van der Waals surface area contributed by atoms with Gasteiger partial charge in [0.15, 0.2) is 11.5 Å². The van der Waals surface area contributed by atoms with Crippen LogP contribution < -0.4 is 14.8 Å². The lowest BCUT2D eigenvalue weighted by atomic mass is 10.1. The zero-order chi connectivity index (χ0) is 21.6. The maximum Gasteiger partial charge on any atom is 0.289 e. The van der Waals surface area contributed by atoms with Crippen LogP contribution in [0.1, 0.15) is 12.5 Å². The Bertz CT molecular complexity index is 1030. The summed E-state index contributed by atoms with van der Waals surface area (Å²) in [4.78, 5) is 22.7. The molecular formula is C19H15Cl2N3O5. The summed E-state index contributed by atoms with van der Waals surface area (Å²) in [5.41, 5.74) is -0.0513. The molecule has 0 aliphatic rings. The van der Waals surface area contributed by atoms with Crippen molar-refractivity contribution in [2.75, 3.05) is 19.0 Å². The van der Waals surface area contributed by atoms with Crippen LogP contribution in [0.15, 0.2) is 35.9 Å². The number of halogens is 2. The van der Waals surface area contributed by atoms with Crippen molar-refractivity contribution in [3.8, 4) is 17.6 Å². The summed E-state index contributed by atoms with van der Waals surface area (Å²) in [6.07, 6.45) is 1.31. The molecule has 0 spiro atoms. The quantitative estimate of drug-likeness (QED) is 0.287. The number of carbonyl (C=O) groups excluding carboxylic acids is 1. The molecule has 10 heteroatoms. The van der Waals surface area contributed by atoms with Gasteiger partial charge in [-0.25, -0.2) is 0 Å². The summed E-state index contributed by atoms with van der Waals surface area (Å²) in [7, 11) is 1.44. The molecule has 0 aliphatic carbocycles. The van der Waals surface area contributed by atoms with E-state index < -0.39 is 10.8 Å². The predicted molar refractivity (Wildman–Crippen MR) is 109 cm³/mol. The Hall–Kier alpha value is -3.28. The van der Waals surface area contributed by atoms with Crippen LogP contribution in [0, 0.1) is 21.4 Å². The molecule has 0 aliphatic heterocycles. The summed E-state index contributed by atoms with van der Waals surface area (Å²) in [6.45, 7) is 2.15. The average molecular weight is 436 g/mol. The average Bonchev–Trinajstić information content (AvgIpc) is 2.67. The van der Waals surface area contributed by atoms with E-state index in [1.165, 1.54) is 31.4 Å². The highest BCUT2D eigenvalue weighted by molar-refractivity contribution is 6.33. The van der Waals surface area contributed by atoms with E-state index in [1.54, 1.807) is 19.1 Å². The Labute approximate surface area is 176 Å². The van der Waals surface area contributed by atoms with Crippen molar-refractivity contribution in [2.45, 2.75) is 6.92 Å². The Kier molecular flexibility index (Phi) is 7.42. The zero-order valence-corrected chi connectivity index (χ0v) is 16.9. The molecule has 29 heavy (non-hydrogen) atoms. The molecule has 2 rings (SSSR count). The van der Waals surface area contributed by atoms with E-state index in [4.69, 9.17) is 32.7 Å². The molecule has 0 saturated heterocycles. The highest BCUT2D eigenvalue weighted by atomic mass is 35.5. The van der Waals surface area contributed by atoms with Gasteiger partial charge in [-0.05, 0) is 42.8 Å². The molecule has 1 amide bonds. The van der Waals surface area contributed by atoms with Crippen molar-refractivity contribution in [2.24, 2.45) is 0 Å². The number of amides is 1. The summed E-state index contributed by atoms with van der Waals surface area (Å²) >= 11 is 11.9. The monoisotopic (exact) mass is 435 g/mol. The van der Waals surface area contributed by atoms with Crippen LogP contribution in [0.5, 0.6) is 11.5 Å². The molecule has 150 valence electrons. The smallest absolute Gasteiger partial charge is 0.289 e. The molecule has 0 fully saturated rings. The molecule has 0 unspecified atom stereocenters. The Morgan fingerprint density at radius 1 is 1.31 bits per heavy atom. The van der Waals surface area contributed by atoms with E-state index in [9.17, 15) is 20.2 Å². The second kappa shape index (κ2) is 9.78. The molecule has 2 aromatic rings. The fourth-order valence-electron chi connectivity index (χ4n) is 2.38. The van der Waals surface area contributed by atoms with E-state index in [-0.39, 0.29) is 27.0 Å². The summed E-state index contributed by atoms with van der Waals surface area (Å²) in [5.74, 6) is -0.0594. The number of benzene rings is 2. The highest BCUT2D eigenvalue weighted by Gasteiger charge is 2.17. The minimum atomic E-state index is -0.756. The Morgan fingerprint density at radius 3 is 2.62 bits per heavy atom. The van der Waals surface area contributed by atoms with Crippen LogP contribution >= 0.6 is 23.2 Å². The number of methoxy groups -OCH3 is 1. The van der Waals surface area contributed by atoms with Crippen molar-refractivity contribution in [1.29, 1.82) is 5.26 Å². The molecule has 1 N–H and O–H groups in total. The van der Waals surface area contributed by atoms with Crippen LogP contribution in [0.25, 0.3) is 6.08 Å². The van der Waals surface area contributed by atoms with E-state index >= 15 is 0 Å². The summed E-state index contributed by atoms with van der Waals surface area (Å²) in [6, 6.07) is 8.66. The number of nitrogens with one attached hydrogen (secondary N) is 1. The van der Waals surface area contributed by atoms with Gasteiger partial charge in [0, 0.05) is 11.8 Å². The van der Waals surface area contributed by atoms with Gasteiger partial charge in [-0.1, -0.05) is 23.2 Å². The number of nitrogens with zero attached hydrogens (tertiary/aromatic N) is 2. The largest absolute Gasteiger partial charge is 0.491 e. The number of nitriles is 1. The van der Waals surface area contributed by atoms with Crippen molar-refractivity contribution in [1.82, 2.24) is 0 Å². The van der Waals surface area contributed by atoms with E-state index in [2.05, 4.69) is 5.32 Å². The second-order valence-corrected chi connectivity index (χ2v) is 6.33. The molecule has 0 heterocycles. The van der Waals surface area contributed by atoms with Crippen LogP contribution in [-0.2, 0) is 4.79 Å². The minimum absolute atomic E-state index is 0.0691. The van der Waals surface area contributed by atoms with Crippen molar-refractivity contribution >= 4 is 46.6 Å². The Balaban J connectivity index is 2.35. The molecule has 8 nitrogen and oxygen atoms in total. The highest BCUT2D eigenvalue weighted by Crippen LogP contribution is 2.37. The van der Waals surface area contributed by atoms with Gasteiger partial charge >= 0.3 is 0 Å². The van der Waals surface area contributed by atoms with Crippen molar-refractivity contribution < 1.29 is 19.2 Å². The van der Waals surface area contributed by atoms with Crippen molar-refractivity contribution in [3.05, 3.63) is 61.6 Å². The molecular weight excluding hydrogens is 421 g/mol. The van der Waals surface area contributed by atoms with Gasteiger partial charge in [-0.2, -0.15) is 5.26 Å². The molecule has 0 aromatic heterocycles. The lowest BCUT2D eigenvalue weighted by molar-refractivity contribution is -0.384. The van der Waals surface area contributed by atoms with Crippen LogP contribution in [0.2, 0.25) is 10.0 Å². The number of anilines is 1. The fourth-order valence-corrected chi connectivity index (χ4v) is 2.86. The third kappa shape index (κ3) is 5.38. The number of nitro benzene ring substituents is 1. The van der Waals surface area contributed by atoms with Gasteiger partial charge in [0.1, 0.15) is 16.7 Å². The zero-order valence-electron chi connectivity index (χ0n) is 15.4. The first-order chi connectivity index (χ1) is 13.8. The van der Waals surface area contributed by atoms with E-state index in [0.717, 1.165) is 6.07 Å². The number of hydrogen-bond donors (Lipinski definition) is 1. The van der Waals surface area contributed by atoms with Gasteiger partial charge in [0.25, 0.3) is 11.6 Å². The molecule has 0 bridgehead atoms. The minimum Gasteiger partial charge on any atom is -0.491 e. The standard InChI is InChI=1S/C19H15Cl2N3O5/c1-3-29-17-8-11(7-15(21)18(17)28-2)6-12(10-22)19(25)23-13-4-5-14(20)16(9-13)24(26)27/h4-9H,3H2,1-2H3,(H,23,25)/b12-6+. The maximum absolute atomic E-state index is 12.4. The molecule has 0 atom stereocenters. The molecule has 0 saturated carbocycles. The number of rotatable bonds is 7. The van der Waals surface area contributed by atoms with Gasteiger partial charge in [-0.15, -0.1) is 0 Å². The normalized spacial score (nSPS) is 10.8. The SMILES string of the molecule is CCOc1cc(/C=C(\C#N)C(=O)Nc2ccc(Cl)c([N+](=O)[O-])c2)cc(Cl)c1OC. The predicted octanol–water partition coefficient (Wildman–Crippen LogP) is 4.85. The van der Waals surface area contributed by atoms with Gasteiger partial charge < -0.3 is 14.8 Å². The molecule has 0 radical (unpaired) electrons. The van der Waals surface area contributed by atoms with Crippen LogP contribution in [0.4, 0.5) is 11.4 Å². The molecule has 2 aromatic carbocycles. The number of ether oxygens (including phenoxy) is 2. The maximum atomic E-state index is 12.4. The van der Waals surface area contributed by atoms with E-state index in [1.807, 2.05) is 0 Å². The third-order valence-electron chi connectivity index (χ3n) is 3.61. The fraction of sp³-hybridized carbons (Fsp3) is 0.158. The van der Waals surface area contributed by atoms with Crippen LogP contribution in [-0.4, -0.2) is 24.5 Å². The summed E-state index contributed by atoms with van der Waals surface area (Å²) < 4.78 is 10.7. The topological polar surface area (TPSA) is 114 Å². The number of nitro groups is 1. The third-order valence-corrected chi connectivity index (χ3v) is 4.21. The first-order valence-corrected chi connectivity index (χ1v) is 8.93. The number of hydrogen-bond acceptors (Lipinski definition) is 6.